The lowest BCUT2D eigenvalue weighted by Crippen LogP contribution is -2.31. The van der Waals surface area contributed by atoms with E-state index >= 15 is 0 Å². The summed E-state index contributed by atoms with van der Waals surface area (Å²) in [5.41, 5.74) is 2.51. The fraction of sp³-hybridized carbons (Fsp3) is 0.500. The van der Waals surface area contributed by atoms with Crippen molar-refractivity contribution in [2.45, 2.75) is 46.8 Å². The maximum absolute atomic E-state index is 12.2. The molecule has 2 aromatic heterocycles. The molecule has 7 heteroatoms. The zero-order chi connectivity index (χ0) is 15.6. The Morgan fingerprint density at radius 1 is 1.48 bits per heavy atom. The maximum atomic E-state index is 12.2. The molecule has 6 nitrogen and oxygen atoms in total. The summed E-state index contributed by atoms with van der Waals surface area (Å²) in [6, 6.07) is -0.405. The Labute approximate surface area is 129 Å². The maximum Gasteiger partial charge on any atom is 0.244 e. The molecule has 0 saturated carbocycles. The molecule has 0 saturated heterocycles. The summed E-state index contributed by atoms with van der Waals surface area (Å²) in [6.45, 7) is 8.78. The summed E-state index contributed by atoms with van der Waals surface area (Å²) in [4.78, 5) is 12.2. The van der Waals surface area contributed by atoms with Crippen LogP contribution in [0.2, 0.25) is 5.02 Å². The van der Waals surface area contributed by atoms with Crippen LogP contribution in [0.5, 0.6) is 0 Å². The third-order valence-electron chi connectivity index (χ3n) is 3.46. The number of aryl methyl sites for hydroxylation is 2. The van der Waals surface area contributed by atoms with Crippen LogP contribution in [-0.4, -0.2) is 25.5 Å². The van der Waals surface area contributed by atoms with E-state index in [1.165, 1.54) is 0 Å². The Hall–Kier alpha value is -1.82. The number of halogens is 1. The minimum Gasteiger partial charge on any atom is -0.350 e. The molecule has 0 fully saturated rings. The molecular weight excluding hydrogens is 290 g/mol. The lowest BCUT2D eigenvalue weighted by molar-refractivity contribution is -0.124. The molecule has 2 aromatic rings. The minimum absolute atomic E-state index is 0.0958. The lowest BCUT2D eigenvalue weighted by Gasteiger charge is -2.14. The van der Waals surface area contributed by atoms with Crippen LogP contribution in [0.25, 0.3) is 0 Å². The van der Waals surface area contributed by atoms with Crippen LogP contribution < -0.4 is 5.32 Å². The van der Waals surface area contributed by atoms with Gasteiger partial charge in [0.15, 0.2) is 0 Å². The van der Waals surface area contributed by atoms with Gasteiger partial charge in [-0.15, -0.1) is 0 Å². The van der Waals surface area contributed by atoms with Gasteiger partial charge in [-0.2, -0.15) is 10.2 Å². The van der Waals surface area contributed by atoms with Crippen LogP contribution in [0.3, 0.4) is 0 Å². The van der Waals surface area contributed by atoms with E-state index in [1.807, 2.05) is 31.6 Å². The van der Waals surface area contributed by atoms with Crippen molar-refractivity contribution >= 4 is 17.5 Å². The first-order chi connectivity index (χ1) is 9.93. The summed E-state index contributed by atoms with van der Waals surface area (Å²) in [5.74, 6) is -0.0958. The first kappa shape index (κ1) is 15.6. The van der Waals surface area contributed by atoms with Gasteiger partial charge in [0.2, 0.25) is 5.91 Å². The van der Waals surface area contributed by atoms with Crippen LogP contribution in [0.15, 0.2) is 12.4 Å². The van der Waals surface area contributed by atoms with Gasteiger partial charge in [0, 0.05) is 24.8 Å². The Kier molecular flexibility index (Phi) is 4.67. The number of hydrogen-bond donors (Lipinski definition) is 1. The van der Waals surface area contributed by atoms with E-state index in [0.29, 0.717) is 11.6 Å². The first-order valence-electron chi connectivity index (χ1n) is 6.94. The van der Waals surface area contributed by atoms with Gasteiger partial charge in [0.05, 0.1) is 22.6 Å². The van der Waals surface area contributed by atoms with Gasteiger partial charge < -0.3 is 5.32 Å². The number of carbonyl (C=O) groups is 1. The second-order valence-electron chi connectivity index (χ2n) is 5.03. The predicted octanol–water partition coefficient (Wildman–Crippen LogP) is 2.25. The molecule has 0 aliphatic rings. The predicted molar refractivity (Wildman–Crippen MR) is 81.2 cm³/mol. The highest BCUT2D eigenvalue weighted by Crippen LogP contribution is 2.22. The van der Waals surface area contributed by atoms with E-state index in [4.69, 9.17) is 11.6 Å². The molecule has 2 rings (SSSR count). The number of hydrogen-bond acceptors (Lipinski definition) is 3. The average Bonchev–Trinajstić information content (AvgIpc) is 3.04. The average molecular weight is 310 g/mol. The fourth-order valence-corrected chi connectivity index (χ4v) is 2.26. The molecule has 0 spiro atoms. The molecule has 1 N–H and O–H groups in total. The second kappa shape index (κ2) is 6.30. The quantitative estimate of drug-likeness (QED) is 0.921. The summed E-state index contributed by atoms with van der Waals surface area (Å²) in [5, 5.41) is 12.0. The third kappa shape index (κ3) is 3.26. The molecule has 0 bridgehead atoms. The second-order valence-corrected chi connectivity index (χ2v) is 5.41. The van der Waals surface area contributed by atoms with E-state index in [0.717, 1.165) is 23.5 Å². The number of amides is 1. The Morgan fingerprint density at radius 3 is 2.71 bits per heavy atom. The highest BCUT2D eigenvalue weighted by Gasteiger charge is 2.20. The number of rotatable bonds is 5. The molecule has 2 heterocycles. The number of nitrogens with one attached hydrogen (secondary N) is 1. The van der Waals surface area contributed by atoms with Gasteiger partial charge in [0.25, 0.3) is 0 Å². The zero-order valence-corrected chi connectivity index (χ0v) is 13.5. The monoisotopic (exact) mass is 309 g/mol. The van der Waals surface area contributed by atoms with E-state index in [2.05, 4.69) is 15.5 Å². The van der Waals surface area contributed by atoms with Crippen molar-refractivity contribution in [3.63, 3.8) is 0 Å². The van der Waals surface area contributed by atoms with Gasteiger partial charge in [-0.05, 0) is 27.7 Å². The van der Waals surface area contributed by atoms with E-state index in [9.17, 15) is 4.79 Å². The van der Waals surface area contributed by atoms with E-state index < -0.39 is 6.04 Å². The first-order valence-corrected chi connectivity index (χ1v) is 7.32. The number of aromatic nitrogens is 4. The van der Waals surface area contributed by atoms with Crippen LogP contribution in [-0.2, 0) is 17.9 Å². The van der Waals surface area contributed by atoms with Crippen molar-refractivity contribution in [1.82, 2.24) is 24.9 Å². The molecule has 0 aromatic carbocycles. The molecule has 1 amide bonds. The lowest BCUT2D eigenvalue weighted by atomic mass is 10.3. The summed E-state index contributed by atoms with van der Waals surface area (Å²) in [7, 11) is 0. The van der Waals surface area contributed by atoms with E-state index in [-0.39, 0.29) is 5.91 Å². The topological polar surface area (TPSA) is 64.7 Å². The number of nitrogens with zero attached hydrogens (tertiary/aromatic N) is 4. The van der Waals surface area contributed by atoms with Gasteiger partial charge in [0.1, 0.15) is 6.04 Å². The smallest absolute Gasteiger partial charge is 0.244 e. The summed E-state index contributed by atoms with van der Waals surface area (Å²) >= 11 is 6.11. The highest BCUT2D eigenvalue weighted by molar-refractivity contribution is 6.31. The van der Waals surface area contributed by atoms with Crippen LogP contribution >= 0.6 is 11.6 Å². The molecule has 0 aliphatic carbocycles. The normalized spacial score (nSPS) is 12.4. The molecule has 1 atom stereocenters. The molecular formula is C14H20ClN5O. The van der Waals surface area contributed by atoms with Crippen molar-refractivity contribution in [2.75, 3.05) is 0 Å². The molecule has 0 radical (unpaired) electrons. The van der Waals surface area contributed by atoms with Gasteiger partial charge in [-0.3, -0.25) is 14.2 Å². The van der Waals surface area contributed by atoms with Gasteiger partial charge in [-0.1, -0.05) is 11.6 Å². The SMILES string of the molecule is CCn1cc(CNC(=O)C(C)n2nc(C)c(Cl)c2C)cn1. The van der Waals surface area contributed by atoms with Crippen molar-refractivity contribution in [2.24, 2.45) is 0 Å². The third-order valence-corrected chi connectivity index (χ3v) is 4.01. The zero-order valence-electron chi connectivity index (χ0n) is 12.7. The van der Waals surface area contributed by atoms with Crippen LogP contribution in [0.4, 0.5) is 0 Å². The minimum atomic E-state index is -0.405. The Balaban J connectivity index is 2.00. The van der Waals surface area contributed by atoms with Crippen molar-refractivity contribution in [3.8, 4) is 0 Å². The highest BCUT2D eigenvalue weighted by atomic mass is 35.5. The summed E-state index contributed by atoms with van der Waals surface area (Å²) in [6.07, 6.45) is 3.68. The van der Waals surface area contributed by atoms with Crippen LogP contribution in [0.1, 0.15) is 36.8 Å². The Bertz CT molecular complexity index is 646. The van der Waals surface area contributed by atoms with Crippen molar-refractivity contribution < 1.29 is 4.79 Å². The van der Waals surface area contributed by atoms with Gasteiger partial charge >= 0.3 is 0 Å². The molecule has 1 unspecified atom stereocenters. The number of carbonyl (C=O) groups excluding carboxylic acids is 1. The van der Waals surface area contributed by atoms with Crippen LogP contribution in [0, 0.1) is 13.8 Å². The van der Waals surface area contributed by atoms with Gasteiger partial charge in [-0.25, -0.2) is 0 Å². The molecule has 114 valence electrons. The Morgan fingerprint density at radius 2 is 2.19 bits per heavy atom. The van der Waals surface area contributed by atoms with Crippen molar-refractivity contribution in [1.29, 1.82) is 0 Å². The van der Waals surface area contributed by atoms with Crippen molar-refractivity contribution in [3.05, 3.63) is 34.4 Å². The fourth-order valence-electron chi connectivity index (χ4n) is 2.14. The standard InChI is InChI=1S/C14H20ClN5O/c1-5-19-8-12(7-17-19)6-16-14(21)11(4)20-10(3)13(15)9(2)18-20/h7-8,11H,5-6H2,1-4H3,(H,16,21). The van der Waals surface area contributed by atoms with E-state index in [1.54, 1.807) is 17.8 Å². The molecule has 21 heavy (non-hydrogen) atoms. The molecule has 0 aliphatic heterocycles. The summed E-state index contributed by atoms with van der Waals surface area (Å²) < 4.78 is 3.48. The largest absolute Gasteiger partial charge is 0.350 e.